The Hall–Kier alpha value is -2.26. The second-order valence-corrected chi connectivity index (χ2v) is 6.26. The highest BCUT2D eigenvalue weighted by atomic mass is 35.5. The molecule has 0 fully saturated rings. The zero-order valence-corrected chi connectivity index (χ0v) is 14.7. The van der Waals surface area contributed by atoms with Gasteiger partial charge in [0.1, 0.15) is 5.75 Å². The largest absolute Gasteiger partial charge is 0.493 e. The first-order valence-electron chi connectivity index (χ1n) is 8.09. The van der Waals surface area contributed by atoms with Crippen LogP contribution >= 0.6 is 11.6 Å². The molecule has 3 rings (SSSR count). The Morgan fingerprint density at radius 2 is 1.92 bits per heavy atom. The van der Waals surface area contributed by atoms with Crippen molar-refractivity contribution in [3.63, 3.8) is 0 Å². The van der Waals surface area contributed by atoms with Gasteiger partial charge in [-0.3, -0.25) is 4.98 Å². The zero-order chi connectivity index (χ0) is 16.9. The van der Waals surface area contributed by atoms with E-state index < -0.39 is 0 Å². The molecule has 0 amide bonds. The number of nitrogens with zero attached hydrogens (tertiary/aromatic N) is 1. The van der Waals surface area contributed by atoms with Crippen molar-refractivity contribution in [2.45, 2.75) is 20.3 Å². The summed E-state index contributed by atoms with van der Waals surface area (Å²) in [6, 6.07) is 16.4. The first-order chi connectivity index (χ1) is 11.7. The predicted molar refractivity (Wildman–Crippen MR) is 102 cm³/mol. The van der Waals surface area contributed by atoms with Crippen LogP contribution in [0.4, 0.5) is 11.4 Å². The lowest BCUT2D eigenvalue weighted by molar-refractivity contribution is 0.318. The molecule has 24 heavy (non-hydrogen) atoms. The Kier molecular flexibility index (Phi) is 5.21. The van der Waals surface area contributed by atoms with E-state index in [1.54, 1.807) is 0 Å². The number of ether oxygens (including phenoxy) is 1. The number of pyridine rings is 1. The molecular weight excluding hydrogens is 320 g/mol. The number of aromatic nitrogens is 1. The highest BCUT2D eigenvalue weighted by Gasteiger charge is 2.06. The summed E-state index contributed by atoms with van der Waals surface area (Å²) in [6.07, 6.45) is 0.840. The molecule has 2 aromatic carbocycles. The maximum atomic E-state index is 5.78. The minimum Gasteiger partial charge on any atom is -0.493 e. The maximum Gasteiger partial charge on any atom is 0.121 e. The van der Waals surface area contributed by atoms with Crippen molar-refractivity contribution >= 4 is 33.9 Å². The second kappa shape index (κ2) is 7.54. The smallest absolute Gasteiger partial charge is 0.121 e. The third-order valence-corrected chi connectivity index (χ3v) is 3.99. The molecule has 0 radical (unpaired) electrons. The Balaban J connectivity index is 1.91. The standard InChI is InChI=1S/C20H21ClN2O/c1-14-10-16(13-17(11-14)24-9-5-8-21)23-20-12-15(2)22-19-7-4-3-6-18(19)20/h3-4,6-7,10-13H,5,8-9H2,1-2H3,(H,22,23). The van der Waals surface area contributed by atoms with Crippen molar-refractivity contribution in [2.24, 2.45) is 0 Å². The third kappa shape index (κ3) is 3.98. The molecule has 1 N–H and O–H groups in total. The van der Waals surface area contributed by atoms with Gasteiger partial charge in [-0.2, -0.15) is 0 Å². The minimum atomic E-state index is 0.610. The number of aryl methyl sites for hydroxylation is 2. The number of nitrogens with one attached hydrogen (secondary N) is 1. The maximum absolute atomic E-state index is 5.78. The van der Waals surface area contributed by atoms with E-state index in [0.29, 0.717) is 12.5 Å². The highest BCUT2D eigenvalue weighted by molar-refractivity contribution is 6.17. The van der Waals surface area contributed by atoms with Crippen LogP contribution in [0.15, 0.2) is 48.5 Å². The van der Waals surface area contributed by atoms with Crippen molar-refractivity contribution in [3.8, 4) is 5.75 Å². The van der Waals surface area contributed by atoms with Gasteiger partial charge in [0.25, 0.3) is 0 Å². The molecule has 0 spiro atoms. The van der Waals surface area contributed by atoms with E-state index in [2.05, 4.69) is 35.4 Å². The van der Waals surface area contributed by atoms with E-state index in [1.807, 2.05) is 37.3 Å². The molecule has 0 aliphatic carbocycles. The van der Waals surface area contributed by atoms with Gasteiger partial charge in [-0.05, 0) is 50.1 Å². The Labute approximate surface area is 147 Å². The summed E-state index contributed by atoms with van der Waals surface area (Å²) in [5, 5.41) is 4.62. The molecule has 1 aromatic heterocycles. The molecule has 1 heterocycles. The van der Waals surface area contributed by atoms with Gasteiger partial charge < -0.3 is 10.1 Å². The molecule has 0 bridgehead atoms. The van der Waals surface area contributed by atoms with Gasteiger partial charge in [0.15, 0.2) is 0 Å². The molecule has 4 heteroatoms. The zero-order valence-electron chi connectivity index (χ0n) is 14.0. The molecule has 0 saturated heterocycles. The number of benzene rings is 2. The van der Waals surface area contributed by atoms with Crippen LogP contribution in [0.25, 0.3) is 10.9 Å². The van der Waals surface area contributed by atoms with E-state index in [-0.39, 0.29) is 0 Å². The monoisotopic (exact) mass is 340 g/mol. The molecule has 0 unspecified atom stereocenters. The van der Waals surface area contributed by atoms with E-state index in [4.69, 9.17) is 16.3 Å². The molecule has 3 aromatic rings. The lowest BCUT2D eigenvalue weighted by Gasteiger charge is -2.13. The topological polar surface area (TPSA) is 34.2 Å². The number of anilines is 2. The van der Waals surface area contributed by atoms with Crippen LogP contribution in [0, 0.1) is 13.8 Å². The summed E-state index contributed by atoms with van der Waals surface area (Å²) in [6.45, 7) is 4.70. The molecule has 0 atom stereocenters. The lowest BCUT2D eigenvalue weighted by Crippen LogP contribution is -2.00. The van der Waals surface area contributed by atoms with Gasteiger partial charge in [-0.25, -0.2) is 0 Å². The van der Waals surface area contributed by atoms with E-state index in [0.717, 1.165) is 45.7 Å². The van der Waals surface area contributed by atoms with Crippen LogP contribution in [-0.2, 0) is 0 Å². The van der Waals surface area contributed by atoms with Crippen molar-refractivity contribution in [2.75, 3.05) is 17.8 Å². The van der Waals surface area contributed by atoms with E-state index in [1.165, 1.54) is 0 Å². The summed E-state index contributed by atoms with van der Waals surface area (Å²) in [7, 11) is 0. The third-order valence-electron chi connectivity index (χ3n) is 3.72. The number of fused-ring (bicyclic) bond motifs is 1. The first kappa shape index (κ1) is 16.6. The van der Waals surface area contributed by atoms with Crippen LogP contribution in [0.2, 0.25) is 0 Å². The Morgan fingerprint density at radius 1 is 1.08 bits per heavy atom. The predicted octanol–water partition coefficient (Wildman–Crippen LogP) is 5.60. The number of hydrogen-bond acceptors (Lipinski definition) is 3. The number of para-hydroxylation sites is 1. The number of halogens is 1. The van der Waals surface area contributed by atoms with Crippen molar-refractivity contribution < 1.29 is 4.74 Å². The summed E-state index contributed by atoms with van der Waals surface area (Å²) >= 11 is 5.71. The fraction of sp³-hybridized carbons (Fsp3) is 0.250. The second-order valence-electron chi connectivity index (χ2n) is 5.88. The minimum absolute atomic E-state index is 0.610. The average Bonchev–Trinajstić information content (AvgIpc) is 2.54. The molecule has 0 aliphatic heterocycles. The fourth-order valence-corrected chi connectivity index (χ4v) is 2.82. The van der Waals surface area contributed by atoms with Crippen LogP contribution in [0.5, 0.6) is 5.75 Å². The quantitative estimate of drug-likeness (QED) is 0.468. The SMILES string of the molecule is Cc1cc(Nc2cc(C)nc3ccccc23)cc(OCCCCl)c1. The molecule has 0 saturated carbocycles. The summed E-state index contributed by atoms with van der Waals surface area (Å²) in [5.41, 5.74) is 5.19. The van der Waals surface area contributed by atoms with Gasteiger partial charge in [-0.15, -0.1) is 11.6 Å². The summed E-state index contributed by atoms with van der Waals surface area (Å²) in [5.74, 6) is 1.47. The Bertz CT molecular complexity index is 848. The van der Waals surface area contributed by atoms with Gasteiger partial charge in [0, 0.05) is 34.4 Å². The number of rotatable bonds is 6. The summed E-state index contributed by atoms with van der Waals surface area (Å²) < 4.78 is 5.78. The lowest BCUT2D eigenvalue weighted by atomic mass is 10.1. The highest BCUT2D eigenvalue weighted by Crippen LogP contribution is 2.29. The molecule has 124 valence electrons. The van der Waals surface area contributed by atoms with Gasteiger partial charge in [0.2, 0.25) is 0 Å². The summed E-state index contributed by atoms with van der Waals surface area (Å²) in [4.78, 5) is 4.59. The first-order valence-corrected chi connectivity index (χ1v) is 8.63. The van der Waals surface area contributed by atoms with E-state index in [9.17, 15) is 0 Å². The van der Waals surface area contributed by atoms with Crippen molar-refractivity contribution in [3.05, 3.63) is 59.8 Å². The van der Waals surface area contributed by atoms with E-state index >= 15 is 0 Å². The molecule has 3 nitrogen and oxygen atoms in total. The van der Waals surface area contributed by atoms with Gasteiger partial charge in [0.05, 0.1) is 12.1 Å². The van der Waals surface area contributed by atoms with Crippen LogP contribution in [0.3, 0.4) is 0 Å². The van der Waals surface area contributed by atoms with Gasteiger partial charge in [-0.1, -0.05) is 18.2 Å². The Morgan fingerprint density at radius 3 is 2.75 bits per heavy atom. The fourth-order valence-electron chi connectivity index (χ4n) is 2.71. The molecule has 0 aliphatic rings. The molecular formula is C20H21ClN2O. The van der Waals surface area contributed by atoms with Gasteiger partial charge >= 0.3 is 0 Å². The van der Waals surface area contributed by atoms with Crippen molar-refractivity contribution in [1.29, 1.82) is 0 Å². The number of alkyl halides is 1. The van der Waals surface area contributed by atoms with Crippen LogP contribution < -0.4 is 10.1 Å². The van der Waals surface area contributed by atoms with Crippen LogP contribution in [0.1, 0.15) is 17.7 Å². The van der Waals surface area contributed by atoms with Crippen LogP contribution in [-0.4, -0.2) is 17.5 Å². The van der Waals surface area contributed by atoms with Crippen molar-refractivity contribution in [1.82, 2.24) is 4.98 Å². The normalized spacial score (nSPS) is 10.8. The number of hydrogen-bond donors (Lipinski definition) is 1. The average molecular weight is 341 g/mol.